The summed E-state index contributed by atoms with van der Waals surface area (Å²) in [5.41, 5.74) is 3.42. The van der Waals surface area contributed by atoms with Crippen molar-refractivity contribution in [2.24, 2.45) is 5.41 Å². The van der Waals surface area contributed by atoms with Crippen LogP contribution >= 0.6 is 27.5 Å². The van der Waals surface area contributed by atoms with E-state index in [-0.39, 0.29) is 5.91 Å². The molecule has 0 fully saturated rings. The lowest BCUT2D eigenvalue weighted by Crippen LogP contribution is -2.28. The fraction of sp³-hybridized carbons (Fsp3) is 0.200. The van der Waals surface area contributed by atoms with Crippen molar-refractivity contribution in [1.82, 2.24) is 9.55 Å². The zero-order valence-electron chi connectivity index (χ0n) is 17.6. The Kier molecular flexibility index (Phi) is 5.91. The average molecular weight is 497 g/mol. The number of carbonyl (C=O) groups excluding carboxylic acids is 1. The van der Waals surface area contributed by atoms with E-state index in [1.165, 1.54) is 0 Å². The van der Waals surface area contributed by atoms with Crippen LogP contribution in [0.5, 0.6) is 0 Å². The number of rotatable bonds is 4. The Bertz CT molecular complexity index is 1270. The summed E-state index contributed by atoms with van der Waals surface area (Å²) < 4.78 is 3.21. The molecule has 0 unspecified atom stereocenters. The van der Waals surface area contributed by atoms with Crippen LogP contribution in [0.25, 0.3) is 22.2 Å². The Balaban J connectivity index is 1.77. The van der Waals surface area contributed by atoms with E-state index in [0.29, 0.717) is 17.4 Å². The number of pyridine rings is 1. The fourth-order valence-corrected chi connectivity index (χ4v) is 3.97. The van der Waals surface area contributed by atoms with Gasteiger partial charge in [0, 0.05) is 31.4 Å². The maximum absolute atomic E-state index is 12.4. The molecule has 2 heterocycles. The van der Waals surface area contributed by atoms with Crippen LogP contribution in [0, 0.1) is 5.41 Å². The Labute approximate surface area is 195 Å². The molecule has 0 aliphatic rings. The van der Waals surface area contributed by atoms with E-state index < -0.39 is 5.41 Å². The van der Waals surface area contributed by atoms with Gasteiger partial charge in [0.2, 0.25) is 5.91 Å². The lowest BCUT2D eigenvalue weighted by atomic mass is 9.96. The third kappa shape index (κ3) is 4.68. The van der Waals surface area contributed by atoms with Crippen LogP contribution in [-0.4, -0.2) is 15.5 Å². The number of benzene rings is 2. The molecule has 4 nitrogen and oxygen atoms in total. The molecule has 1 amide bonds. The topological polar surface area (TPSA) is 46.9 Å². The Hall–Kier alpha value is -2.63. The molecule has 0 aliphatic heterocycles. The van der Waals surface area contributed by atoms with Gasteiger partial charge < -0.3 is 9.88 Å². The monoisotopic (exact) mass is 495 g/mol. The number of nitrogens with zero attached hydrogens (tertiary/aromatic N) is 2. The molecule has 4 aromatic rings. The average Bonchev–Trinajstić information content (AvgIpc) is 3.05. The second kappa shape index (κ2) is 8.48. The number of halogens is 2. The minimum absolute atomic E-state index is 0.0655. The lowest BCUT2D eigenvalue weighted by molar-refractivity contribution is -0.123. The van der Waals surface area contributed by atoms with Crippen molar-refractivity contribution >= 4 is 50.2 Å². The second-order valence-electron chi connectivity index (χ2n) is 8.52. The van der Waals surface area contributed by atoms with Gasteiger partial charge >= 0.3 is 0 Å². The number of anilines is 1. The number of fused-ring (bicyclic) bond motifs is 1. The summed E-state index contributed by atoms with van der Waals surface area (Å²) >= 11 is 10.1. The van der Waals surface area contributed by atoms with Gasteiger partial charge in [-0.2, -0.15) is 0 Å². The van der Waals surface area contributed by atoms with Crippen molar-refractivity contribution in [3.8, 4) is 11.3 Å². The summed E-state index contributed by atoms with van der Waals surface area (Å²) in [6.45, 7) is 6.18. The van der Waals surface area contributed by atoms with Crippen molar-refractivity contribution in [2.45, 2.75) is 27.3 Å². The first-order valence-corrected chi connectivity index (χ1v) is 11.2. The highest BCUT2D eigenvalue weighted by Gasteiger charge is 2.21. The van der Waals surface area contributed by atoms with Crippen LogP contribution in [-0.2, 0) is 11.3 Å². The summed E-state index contributed by atoms with van der Waals surface area (Å²) in [6, 6.07) is 21.9. The van der Waals surface area contributed by atoms with E-state index in [9.17, 15) is 4.79 Å². The zero-order chi connectivity index (χ0) is 22.2. The predicted octanol–water partition coefficient (Wildman–Crippen LogP) is 7.15. The van der Waals surface area contributed by atoms with E-state index in [2.05, 4.69) is 44.0 Å². The van der Waals surface area contributed by atoms with E-state index in [1.807, 2.05) is 69.3 Å². The molecule has 0 atom stereocenters. The van der Waals surface area contributed by atoms with Gasteiger partial charge in [0.1, 0.15) is 5.82 Å². The molecular formula is C25H23BrClN3O. The highest BCUT2D eigenvalue weighted by molar-refractivity contribution is 9.10. The van der Waals surface area contributed by atoms with Crippen LogP contribution in [0.4, 0.5) is 5.82 Å². The summed E-state index contributed by atoms with van der Waals surface area (Å²) in [6.07, 6.45) is 0. The molecule has 4 rings (SSSR count). The third-order valence-corrected chi connectivity index (χ3v) is 5.89. The first-order valence-electron chi connectivity index (χ1n) is 10.0. The van der Waals surface area contributed by atoms with Crippen molar-refractivity contribution in [1.29, 1.82) is 0 Å². The van der Waals surface area contributed by atoms with E-state index in [1.54, 1.807) is 0 Å². The molecule has 0 radical (unpaired) electrons. The van der Waals surface area contributed by atoms with Gasteiger partial charge in [-0.15, -0.1) is 0 Å². The van der Waals surface area contributed by atoms with Gasteiger partial charge in [-0.1, -0.05) is 78.6 Å². The maximum Gasteiger partial charge on any atom is 0.230 e. The highest BCUT2D eigenvalue weighted by Crippen LogP contribution is 2.34. The number of hydrogen-bond acceptors (Lipinski definition) is 2. The summed E-state index contributed by atoms with van der Waals surface area (Å²) in [4.78, 5) is 17.1. The molecule has 0 spiro atoms. The normalized spacial score (nSPS) is 11.6. The molecular weight excluding hydrogens is 474 g/mol. The summed E-state index contributed by atoms with van der Waals surface area (Å²) in [7, 11) is 0. The van der Waals surface area contributed by atoms with E-state index in [4.69, 9.17) is 16.6 Å². The zero-order valence-corrected chi connectivity index (χ0v) is 20.0. The van der Waals surface area contributed by atoms with Crippen molar-refractivity contribution in [3.63, 3.8) is 0 Å². The van der Waals surface area contributed by atoms with Gasteiger partial charge in [0.25, 0.3) is 0 Å². The second-order valence-corrected chi connectivity index (χ2v) is 9.84. The van der Waals surface area contributed by atoms with Gasteiger partial charge in [0.15, 0.2) is 0 Å². The van der Waals surface area contributed by atoms with Crippen LogP contribution in [0.3, 0.4) is 0 Å². The summed E-state index contributed by atoms with van der Waals surface area (Å²) in [5.74, 6) is 0.485. The molecule has 1 N–H and O–H groups in total. The molecule has 31 heavy (non-hydrogen) atoms. The number of amides is 1. The van der Waals surface area contributed by atoms with Crippen LogP contribution in [0.15, 0.2) is 71.2 Å². The largest absolute Gasteiger partial charge is 0.334 e. The SMILES string of the molecule is CC(C)(C)C(=O)Nc1cccc(Cn2c(-c3ccccc3Cl)cc3ccc(Br)cc32)n1. The molecule has 2 aromatic carbocycles. The smallest absolute Gasteiger partial charge is 0.230 e. The van der Waals surface area contributed by atoms with Gasteiger partial charge in [-0.25, -0.2) is 4.98 Å². The quantitative estimate of drug-likeness (QED) is 0.326. The van der Waals surface area contributed by atoms with Gasteiger partial charge in [-0.05, 0) is 36.4 Å². The number of hydrogen-bond donors (Lipinski definition) is 1. The van der Waals surface area contributed by atoms with Crippen LogP contribution < -0.4 is 5.32 Å². The van der Waals surface area contributed by atoms with Crippen molar-refractivity contribution in [3.05, 3.63) is 81.9 Å². The van der Waals surface area contributed by atoms with Gasteiger partial charge in [0.05, 0.1) is 17.9 Å². The highest BCUT2D eigenvalue weighted by atomic mass is 79.9. The number of nitrogens with one attached hydrogen (secondary N) is 1. The van der Waals surface area contributed by atoms with Crippen LogP contribution in [0.2, 0.25) is 5.02 Å². The Morgan fingerprint density at radius 3 is 2.58 bits per heavy atom. The molecule has 0 aliphatic carbocycles. The molecule has 158 valence electrons. The van der Waals surface area contributed by atoms with Crippen molar-refractivity contribution in [2.75, 3.05) is 5.32 Å². The first kappa shape index (κ1) is 21.6. The Morgan fingerprint density at radius 1 is 1.06 bits per heavy atom. The molecule has 0 bridgehead atoms. The van der Waals surface area contributed by atoms with E-state index in [0.717, 1.165) is 32.3 Å². The minimum Gasteiger partial charge on any atom is -0.334 e. The predicted molar refractivity (Wildman–Crippen MR) is 132 cm³/mol. The minimum atomic E-state index is -0.488. The third-order valence-electron chi connectivity index (χ3n) is 5.07. The van der Waals surface area contributed by atoms with E-state index >= 15 is 0 Å². The summed E-state index contributed by atoms with van der Waals surface area (Å²) in [5, 5.41) is 4.74. The van der Waals surface area contributed by atoms with Gasteiger partial charge in [-0.3, -0.25) is 4.79 Å². The maximum atomic E-state index is 12.4. The first-order chi connectivity index (χ1) is 14.7. The standard InChI is InChI=1S/C25H23BrClN3O/c1-25(2,3)24(31)29-23-10-6-7-18(28-23)15-30-21-14-17(26)12-11-16(21)13-22(30)19-8-4-5-9-20(19)27/h4-14H,15H2,1-3H3,(H,28,29,31). The van der Waals surface area contributed by atoms with Crippen molar-refractivity contribution < 1.29 is 4.79 Å². The number of carbonyl (C=O) groups is 1. The molecule has 0 saturated heterocycles. The number of aromatic nitrogens is 2. The Morgan fingerprint density at radius 2 is 1.84 bits per heavy atom. The fourth-order valence-electron chi connectivity index (χ4n) is 3.39. The molecule has 2 aromatic heterocycles. The van der Waals surface area contributed by atoms with Crippen LogP contribution in [0.1, 0.15) is 26.5 Å². The lowest BCUT2D eigenvalue weighted by Gasteiger charge is -2.18. The molecule has 0 saturated carbocycles. The molecule has 6 heteroatoms.